The van der Waals surface area contributed by atoms with Crippen LogP contribution in [-0.4, -0.2) is 29.8 Å². The van der Waals surface area contributed by atoms with E-state index < -0.39 is 5.91 Å². The van der Waals surface area contributed by atoms with Gasteiger partial charge >= 0.3 is 0 Å². The Bertz CT molecular complexity index is 760. The van der Waals surface area contributed by atoms with Gasteiger partial charge in [0.15, 0.2) is 0 Å². The maximum Gasteiger partial charge on any atom is 0.250 e. The number of nitrogens with zero attached hydrogens (tertiary/aromatic N) is 1. The van der Waals surface area contributed by atoms with Crippen LogP contribution in [0.2, 0.25) is 5.02 Å². The van der Waals surface area contributed by atoms with Crippen molar-refractivity contribution < 1.29 is 9.59 Å². The molecule has 0 radical (unpaired) electrons. The maximum atomic E-state index is 12.3. The summed E-state index contributed by atoms with van der Waals surface area (Å²) >= 11 is 7.66. The quantitative estimate of drug-likeness (QED) is 0.890. The highest BCUT2D eigenvalue weighted by Gasteiger charge is 2.21. The number of hydrogen-bond acceptors (Lipinski definition) is 4. The van der Waals surface area contributed by atoms with Crippen molar-refractivity contribution in [3.63, 3.8) is 0 Å². The van der Waals surface area contributed by atoms with Crippen LogP contribution in [-0.2, 0) is 17.8 Å². The maximum absolute atomic E-state index is 12.3. The van der Waals surface area contributed by atoms with Crippen LogP contribution in [0.25, 0.3) is 0 Å². The molecule has 23 heavy (non-hydrogen) atoms. The SMILES string of the molecule is NC(=O)c1cc(NCC(=O)N2CCc3sccc3C2)ccc1Cl. The van der Waals surface area contributed by atoms with Crippen molar-refractivity contribution in [3.05, 3.63) is 50.7 Å². The van der Waals surface area contributed by atoms with E-state index in [1.165, 1.54) is 10.4 Å². The third-order valence-corrected chi connectivity index (χ3v) is 5.19. The topological polar surface area (TPSA) is 75.4 Å². The average molecular weight is 350 g/mol. The van der Waals surface area contributed by atoms with E-state index in [2.05, 4.69) is 16.8 Å². The number of nitrogens with two attached hydrogens (primary N) is 1. The number of hydrogen-bond donors (Lipinski definition) is 2. The molecule has 0 unspecified atom stereocenters. The van der Waals surface area contributed by atoms with Gasteiger partial charge in [-0.05, 0) is 41.6 Å². The largest absolute Gasteiger partial charge is 0.376 e. The van der Waals surface area contributed by atoms with Crippen LogP contribution < -0.4 is 11.1 Å². The van der Waals surface area contributed by atoms with Crippen LogP contribution in [0.1, 0.15) is 20.8 Å². The molecule has 0 atom stereocenters. The van der Waals surface area contributed by atoms with Crippen LogP contribution in [0.5, 0.6) is 0 Å². The minimum Gasteiger partial charge on any atom is -0.376 e. The number of thiophene rings is 1. The molecule has 2 heterocycles. The molecule has 2 aromatic rings. The fraction of sp³-hybridized carbons (Fsp3) is 0.250. The lowest BCUT2D eigenvalue weighted by Crippen LogP contribution is -2.38. The molecule has 7 heteroatoms. The van der Waals surface area contributed by atoms with E-state index in [9.17, 15) is 9.59 Å². The first-order valence-electron chi connectivity index (χ1n) is 7.21. The Morgan fingerprint density at radius 3 is 2.96 bits per heavy atom. The molecule has 1 aromatic heterocycles. The van der Waals surface area contributed by atoms with E-state index in [1.807, 2.05) is 4.90 Å². The smallest absolute Gasteiger partial charge is 0.250 e. The predicted octanol–water partition coefficient (Wildman–Crippen LogP) is 2.50. The number of fused-ring (bicyclic) bond motifs is 1. The highest BCUT2D eigenvalue weighted by Crippen LogP contribution is 2.24. The zero-order valence-electron chi connectivity index (χ0n) is 12.3. The van der Waals surface area contributed by atoms with Gasteiger partial charge in [-0.2, -0.15) is 0 Å². The third kappa shape index (κ3) is 3.48. The van der Waals surface area contributed by atoms with Crippen LogP contribution in [0.15, 0.2) is 29.6 Å². The Balaban J connectivity index is 1.61. The summed E-state index contributed by atoms with van der Waals surface area (Å²) in [4.78, 5) is 26.8. The van der Waals surface area contributed by atoms with Gasteiger partial charge in [0.1, 0.15) is 0 Å². The number of nitrogens with one attached hydrogen (secondary N) is 1. The molecule has 0 aliphatic carbocycles. The van der Waals surface area contributed by atoms with Crippen molar-refractivity contribution in [3.8, 4) is 0 Å². The number of rotatable bonds is 4. The standard InChI is InChI=1S/C16H16ClN3O2S/c17-13-2-1-11(7-12(13)16(18)22)19-8-15(21)20-5-3-14-10(9-20)4-6-23-14/h1-2,4,6-7,19H,3,5,8-9H2,(H2,18,22). The Labute approximate surface area is 143 Å². The molecule has 1 aromatic carbocycles. The predicted molar refractivity (Wildman–Crippen MR) is 91.9 cm³/mol. The Morgan fingerprint density at radius 1 is 1.35 bits per heavy atom. The van der Waals surface area contributed by atoms with E-state index in [1.54, 1.807) is 29.5 Å². The Kier molecular flexibility index (Phi) is 4.54. The molecule has 0 saturated heterocycles. The first-order chi connectivity index (χ1) is 11.0. The highest BCUT2D eigenvalue weighted by molar-refractivity contribution is 7.10. The second kappa shape index (κ2) is 6.60. The first kappa shape index (κ1) is 15.8. The molecular weight excluding hydrogens is 334 g/mol. The van der Waals surface area contributed by atoms with E-state index in [0.717, 1.165) is 13.0 Å². The third-order valence-electron chi connectivity index (χ3n) is 3.84. The van der Waals surface area contributed by atoms with E-state index in [-0.39, 0.29) is 18.0 Å². The minimum absolute atomic E-state index is 0.0254. The monoisotopic (exact) mass is 349 g/mol. The van der Waals surface area contributed by atoms with E-state index in [4.69, 9.17) is 17.3 Å². The average Bonchev–Trinajstić information content (AvgIpc) is 3.01. The summed E-state index contributed by atoms with van der Waals surface area (Å²) in [7, 11) is 0. The van der Waals surface area contributed by atoms with Gasteiger partial charge in [-0.1, -0.05) is 11.6 Å². The van der Waals surface area contributed by atoms with Gasteiger partial charge in [-0.25, -0.2) is 0 Å². The van der Waals surface area contributed by atoms with Crippen molar-refractivity contribution in [1.82, 2.24) is 4.90 Å². The number of benzene rings is 1. The number of halogens is 1. The minimum atomic E-state index is -0.592. The van der Waals surface area contributed by atoms with Crippen LogP contribution in [0.3, 0.4) is 0 Å². The molecule has 5 nitrogen and oxygen atoms in total. The molecule has 3 rings (SSSR count). The molecule has 120 valence electrons. The summed E-state index contributed by atoms with van der Waals surface area (Å²) in [5, 5.41) is 5.39. The lowest BCUT2D eigenvalue weighted by atomic mass is 10.1. The van der Waals surface area contributed by atoms with Gasteiger partial charge in [-0.15, -0.1) is 11.3 Å². The van der Waals surface area contributed by atoms with Gasteiger partial charge in [-0.3, -0.25) is 9.59 Å². The van der Waals surface area contributed by atoms with Gasteiger partial charge < -0.3 is 16.0 Å². The van der Waals surface area contributed by atoms with Crippen molar-refractivity contribution in [1.29, 1.82) is 0 Å². The van der Waals surface area contributed by atoms with Gasteiger partial charge in [0, 0.05) is 23.7 Å². The number of carbonyl (C=O) groups excluding carboxylic acids is 2. The summed E-state index contributed by atoms with van der Waals surface area (Å²) in [5.74, 6) is -0.566. The fourth-order valence-corrected chi connectivity index (χ4v) is 3.68. The molecule has 0 saturated carbocycles. The molecule has 0 fully saturated rings. The molecule has 0 bridgehead atoms. The van der Waals surface area contributed by atoms with Crippen molar-refractivity contribution >= 4 is 40.4 Å². The number of anilines is 1. The van der Waals surface area contributed by atoms with Crippen molar-refractivity contribution in [2.75, 3.05) is 18.4 Å². The summed E-state index contributed by atoms with van der Waals surface area (Å²) in [6.07, 6.45) is 0.908. The normalized spacial score (nSPS) is 13.5. The van der Waals surface area contributed by atoms with Crippen LogP contribution in [0, 0.1) is 0 Å². The molecule has 0 spiro atoms. The number of carbonyl (C=O) groups is 2. The van der Waals surface area contributed by atoms with Crippen molar-refractivity contribution in [2.45, 2.75) is 13.0 Å². The van der Waals surface area contributed by atoms with E-state index in [0.29, 0.717) is 17.3 Å². The zero-order valence-corrected chi connectivity index (χ0v) is 13.9. The highest BCUT2D eigenvalue weighted by atomic mass is 35.5. The molecule has 3 N–H and O–H groups in total. The number of amides is 2. The van der Waals surface area contributed by atoms with Gasteiger partial charge in [0.2, 0.25) is 11.8 Å². The molecule has 1 aliphatic heterocycles. The van der Waals surface area contributed by atoms with Gasteiger partial charge in [0.05, 0.1) is 17.1 Å². The lowest BCUT2D eigenvalue weighted by molar-refractivity contribution is -0.130. The van der Waals surface area contributed by atoms with Gasteiger partial charge in [0.25, 0.3) is 0 Å². The summed E-state index contributed by atoms with van der Waals surface area (Å²) < 4.78 is 0. The molecule has 1 aliphatic rings. The second-order valence-corrected chi connectivity index (χ2v) is 6.75. The number of primary amides is 1. The summed E-state index contributed by atoms with van der Waals surface area (Å²) in [5.41, 5.74) is 7.38. The Morgan fingerprint density at radius 2 is 2.17 bits per heavy atom. The van der Waals surface area contributed by atoms with Crippen LogP contribution in [0.4, 0.5) is 5.69 Å². The first-order valence-corrected chi connectivity index (χ1v) is 8.46. The summed E-state index contributed by atoms with van der Waals surface area (Å²) in [6.45, 7) is 1.56. The van der Waals surface area contributed by atoms with E-state index >= 15 is 0 Å². The molecule has 2 amide bonds. The Hall–Kier alpha value is -2.05. The summed E-state index contributed by atoms with van der Waals surface area (Å²) in [6, 6.07) is 6.94. The molecular formula is C16H16ClN3O2S. The fourth-order valence-electron chi connectivity index (χ4n) is 2.57. The van der Waals surface area contributed by atoms with Crippen LogP contribution >= 0.6 is 22.9 Å². The van der Waals surface area contributed by atoms with Crippen molar-refractivity contribution in [2.24, 2.45) is 5.73 Å². The lowest BCUT2D eigenvalue weighted by Gasteiger charge is -2.27. The second-order valence-electron chi connectivity index (χ2n) is 5.35. The zero-order chi connectivity index (χ0) is 16.4.